The Morgan fingerprint density at radius 1 is 1.09 bits per heavy atom. The van der Waals surface area contributed by atoms with Crippen molar-refractivity contribution in [1.82, 2.24) is 0 Å². The minimum absolute atomic E-state index is 0.136. The molecule has 1 aromatic rings. The van der Waals surface area contributed by atoms with Crippen molar-refractivity contribution in [3.63, 3.8) is 0 Å². The van der Waals surface area contributed by atoms with Gasteiger partial charge in [-0.15, -0.1) is 0 Å². The highest BCUT2D eigenvalue weighted by Gasteiger charge is 2.11. The smallest absolute Gasteiger partial charge is 0.130 e. The Labute approximate surface area is 134 Å². The van der Waals surface area contributed by atoms with Gasteiger partial charge in [0, 0.05) is 18.8 Å². The maximum atomic E-state index is 8.87. The molecule has 0 unspecified atom stereocenters. The number of hydrogen-bond acceptors (Lipinski definition) is 3. The molecule has 0 radical (unpaired) electrons. The molecule has 0 fully saturated rings. The Balaban J connectivity index is 3.11. The first-order valence-electron chi connectivity index (χ1n) is 7.74. The van der Waals surface area contributed by atoms with Crippen LogP contribution in [0.15, 0.2) is 23.8 Å². The molecule has 1 rings (SSSR count). The minimum atomic E-state index is 0.136. The van der Waals surface area contributed by atoms with Crippen LogP contribution in [-0.2, 0) is 0 Å². The summed E-state index contributed by atoms with van der Waals surface area (Å²) < 4.78 is 0. The van der Waals surface area contributed by atoms with E-state index >= 15 is 0 Å². The summed E-state index contributed by atoms with van der Waals surface area (Å²) in [6.07, 6.45) is 1.65. The molecule has 0 N–H and O–H groups in total. The van der Waals surface area contributed by atoms with Crippen molar-refractivity contribution in [2.24, 2.45) is 11.8 Å². The number of benzene rings is 1. The topological polar surface area (TPSA) is 50.8 Å². The number of allylic oxidation sites excluding steroid dienone is 1. The van der Waals surface area contributed by atoms with E-state index in [1.54, 1.807) is 6.08 Å². The zero-order valence-electron chi connectivity index (χ0n) is 14.2. The van der Waals surface area contributed by atoms with Gasteiger partial charge >= 0.3 is 0 Å². The monoisotopic (exact) mass is 295 g/mol. The van der Waals surface area contributed by atoms with Crippen LogP contribution in [0, 0.1) is 41.4 Å². The molecule has 0 saturated heterocycles. The lowest BCUT2D eigenvalue weighted by Crippen LogP contribution is -2.31. The predicted molar refractivity (Wildman–Crippen MR) is 92.3 cm³/mol. The Bertz CT molecular complexity index is 587. The van der Waals surface area contributed by atoms with E-state index in [-0.39, 0.29) is 5.57 Å². The Morgan fingerprint density at radius 2 is 1.64 bits per heavy atom. The van der Waals surface area contributed by atoms with Crippen LogP contribution in [0.4, 0.5) is 5.69 Å². The molecule has 0 aliphatic heterocycles. The van der Waals surface area contributed by atoms with Gasteiger partial charge < -0.3 is 4.90 Å². The van der Waals surface area contributed by atoms with Crippen molar-refractivity contribution in [3.8, 4) is 12.1 Å². The van der Waals surface area contributed by atoms with Crippen molar-refractivity contribution in [1.29, 1.82) is 10.5 Å². The highest BCUT2D eigenvalue weighted by atomic mass is 15.1. The molecule has 0 heterocycles. The van der Waals surface area contributed by atoms with Gasteiger partial charge in [0.2, 0.25) is 0 Å². The molecule has 22 heavy (non-hydrogen) atoms. The second kappa shape index (κ2) is 8.25. The first-order chi connectivity index (χ1) is 10.4. The minimum Gasteiger partial charge on any atom is -0.371 e. The largest absolute Gasteiger partial charge is 0.371 e. The van der Waals surface area contributed by atoms with Crippen molar-refractivity contribution < 1.29 is 0 Å². The van der Waals surface area contributed by atoms with E-state index in [1.165, 1.54) is 5.69 Å². The summed E-state index contributed by atoms with van der Waals surface area (Å²) in [5, 5.41) is 17.7. The number of hydrogen-bond donors (Lipinski definition) is 0. The molecule has 0 bridgehead atoms. The molecule has 0 amide bonds. The van der Waals surface area contributed by atoms with Crippen LogP contribution in [0.1, 0.15) is 38.8 Å². The summed E-state index contributed by atoms with van der Waals surface area (Å²) in [7, 11) is 0. The van der Waals surface area contributed by atoms with E-state index in [0.29, 0.717) is 11.8 Å². The summed E-state index contributed by atoms with van der Waals surface area (Å²) in [5.74, 6) is 1.20. The van der Waals surface area contributed by atoms with Gasteiger partial charge in [-0.2, -0.15) is 10.5 Å². The molecular weight excluding hydrogens is 270 g/mol. The van der Waals surface area contributed by atoms with E-state index in [1.807, 2.05) is 25.1 Å². The number of nitrogens with zero attached hydrogens (tertiary/aromatic N) is 3. The van der Waals surface area contributed by atoms with Crippen LogP contribution in [0.25, 0.3) is 6.08 Å². The van der Waals surface area contributed by atoms with Crippen LogP contribution in [-0.4, -0.2) is 13.1 Å². The average molecular weight is 295 g/mol. The van der Waals surface area contributed by atoms with Crippen LogP contribution >= 0.6 is 0 Å². The molecule has 1 aromatic carbocycles. The maximum Gasteiger partial charge on any atom is 0.130 e. The van der Waals surface area contributed by atoms with E-state index in [2.05, 4.69) is 44.7 Å². The normalized spacial score (nSPS) is 10.2. The van der Waals surface area contributed by atoms with E-state index < -0.39 is 0 Å². The first kappa shape index (κ1) is 17.8. The lowest BCUT2D eigenvalue weighted by atomic mass is 10.0. The van der Waals surface area contributed by atoms with Gasteiger partial charge in [-0.3, -0.25) is 0 Å². The van der Waals surface area contributed by atoms with Gasteiger partial charge in [-0.1, -0.05) is 33.8 Å². The summed E-state index contributed by atoms with van der Waals surface area (Å²) in [4.78, 5) is 2.41. The Morgan fingerprint density at radius 3 is 2.05 bits per heavy atom. The second-order valence-corrected chi connectivity index (χ2v) is 6.52. The Hall–Kier alpha value is -2.26. The fourth-order valence-corrected chi connectivity index (χ4v) is 2.43. The van der Waals surface area contributed by atoms with Crippen molar-refractivity contribution in [2.45, 2.75) is 34.6 Å². The van der Waals surface area contributed by atoms with E-state index in [4.69, 9.17) is 10.5 Å². The quantitative estimate of drug-likeness (QED) is 0.724. The number of aryl methyl sites for hydroxylation is 1. The van der Waals surface area contributed by atoms with E-state index in [0.717, 1.165) is 24.2 Å². The van der Waals surface area contributed by atoms with Gasteiger partial charge in [0.15, 0.2) is 0 Å². The van der Waals surface area contributed by atoms with Gasteiger partial charge in [-0.05, 0) is 48.1 Å². The van der Waals surface area contributed by atoms with Crippen molar-refractivity contribution >= 4 is 11.8 Å². The SMILES string of the molecule is Cc1cc(N(CC(C)C)CC(C)C)ccc1C=C(C#N)C#N. The number of anilines is 1. The molecule has 3 heteroatoms. The first-order valence-corrected chi connectivity index (χ1v) is 7.74. The lowest BCUT2D eigenvalue weighted by molar-refractivity contribution is 0.552. The van der Waals surface area contributed by atoms with Crippen molar-refractivity contribution in [2.75, 3.05) is 18.0 Å². The fourth-order valence-electron chi connectivity index (χ4n) is 2.43. The molecule has 0 saturated carbocycles. The highest BCUT2D eigenvalue weighted by molar-refractivity contribution is 5.66. The van der Waals surface area contributed by atoms with Gasteiger partial charge in [0.25, 0.3) is 0 Å². The van der Waals surface area contributed by atoms with Gasteiger partial charge in [0.05, 0.1) is 0 Å². The molecule has 0 spiro atoms. The third kappa shape index (κ3) is 5.26. The number of nitriles is 2. The summed E-state index contributed by atoms with van der Waals surface area (Å²) in [6.45, 7) is 13.0. The maximum absolute atomic E-state index is 8.87. The molecule has 0 aromatic heterocycles. The molecule has 116 valence electrons. The fraction of sp³-hybridized carbons (Fsp3) is 0.474. The Kier molecular flexibility index (Phi) is 6.67. The zero-order valence-corrected chi connectivity index (χ0v) is 14.2. The van der Waals surface area contributed by atoms with Gasteiger partial charge in [-0.25, -0.2) is 0 Å². The van der Waals surface area contributed by atoms with E-state index in [9.17, 15) is 0 Å². The highest BCUT2D eigenvalue weighted by Crippen LogP contribution is 2.23. The molecule has 3 nitrogen and oxygen atoms in total. The average Bonchev–Trinajstić information content (AvgIpc) is 2.44. The van der Waals surface area contributed by atoms with Crippen LogP contribution in [0.5, 0.6) is 0 Å². The molecule has 0 aliphatic rings. The number of rotatable bonds is 6. The van der Waals surface area contributed by atoms with Crippen LogP contribution in [0.3, 0.4) is 0 Å². The third-order valence-corrected chi connectivity index (χ3v) is 3.33. The third-order valence-electron chi connectivity index (χ3n) is 3.33. The predicted octanol–water partition coefficient (Wildman–Crippen LogP) is 4.54. The molecule has 0 atom stereocenters. The summed E-state index contributed by atoms with van der Waals surface area (Å²) >= 11 is 0. The summed E-state index contributed by atoms with van der Waals surface area (Å²) in [6, 6.07) is 10.0. The van der Waals surface area contributed by atoms with Crippen LogP contribution in [0.2, 0.25) is 0 Å². The zero-order chi connectivity index (χ0) is 16.7. The van der Waals surface area contributed by atoms with Gasteiger partial charge in [0.1, 0.15) is 17.7 Å². The van der Waals surface area contributed by atoms with Crippen molar-refractivity contribution in [3.05, 3.63) is 34.9 Å². The van der Waals surface area contributed by atoms with Crippen LogP contribution < -0.4 is 4.90 Å². The standard InChI is InChI=1S/C19H25N3/c1-14(2)12-22(13-15(3)4)19-7-6-18(16(5)8-19)9-17(10-20)11-21/h6-9,14-15H,12-13H2,1-5H3. The molecule has 0 aliphatic carbocycles. The lowest BCUT2D eigenvalue weighted by Gasteiger charge is -2.29. The summed E-state index contributed by atoms with van der Waals surface area (Å²) in [5.41, 5.74) is 3.35. The second-order valence-electron chi connectivity index (χ2n) is 6.52. The molecular formula is C19H25N3.